The van der Waals surface area contributed by atoms with Gasteiger partial charge in [0.05, 0.1) is 6.04 Å². The summed E-state index contributed by atoms with van der Waals surface area (Å²) < 4.78 is 0. The minimum Gasteiger partial charge on any atom is -0.480 e. The lowest BCUT2D eigenvalue weighted by Crippen LogP contribution is -2.48. The summed E-state index contributed by atoms with van der Waals surface area (Å²) >= 11 is 0. The van der Waals surface area contributed by atoms with Gasteiger partial charge in [-0.2, -0.15) is 0 Å². The zero-order valence-electron chi connectivity index (χ0n) is 12.1. The number of hydrogen-bond donors (Lipinski definition) is 3. The van der Waals surface area contributed by atoms with Crippen LogP contribution in [-0.4, -0.2) is 44.6 Å². The van der Waals surface area contributed by atoms with Crippen molar-refractivity contribution < 1.29 is 14.7 Å². The number of carbonyl (C=O) groups excluding carboxylic acids is 1. The number of nitrogens with zero attached hydrogens (tertiary/aromatic N) is 2. The third-order valence-corrected chi connectivity index (χ3v) is 3.24. The summed E-state index contributed by atoms with van der Waals surface area (Å²) in [4.78, 5) is 31.5. The number of H-pyrrole nitrogens is 1. The number of carboxylic acid groups (broad SMARTS) is 1. The maximum atomic E-state index is 12.3. The second-order valence-electron chi connectivity index (χ2n) is 4.66. The van der Waals surface area contributed by atoms with E-state index < -0.39 is 5.97 Å². The van der Waals surface area contributed by atoms with Crippen molar-refractivity contribution in [3.8, 4) is 0 Å². The highest BCUT2D eigenvalue weighted by Crippen LogP contribution is 2.13. The van der Waals surface area contributed by atoms with Gasteiger partial charge in [-0.1, -0.05) is 13.8 Å². The Morgan fingerprint density at radius 3 is 2.60 bits per heavy atom. The van der Waals surface area contributed by atoms with Crippen molar-refractivity contribution in [2.45, 2.75) is 45.7 Å². The zero-order valence-corrected chi connectivity index (χ0v) is 12.1. The second-order valence-corrected chi connectivity index (χ2v) is 4.66. The van der Waals surface area contributed by atoms with Crippen molar-refractivity contribution in [1.29, 1.82) is 0 Å². The Kier molecular flexibility index (Phi) is 6.02. The van der Waals surface area contributed by atoms with Gasteiger partial charge in [-0.05, 0) is 19.8 Å². The summed E-state index contributed by atoms with van der Waals surface area (Å²) in [6, 6.07) is -0.775. The van der Waals surface area contributed by atoms with Gasteiger partial charge in [-0.25, -0.2) is 9.78 Å². The zero-order chi connectivity index (χ0) is 15.1. The number of aliphatic carboxylic acids is 1. The summed E-state index contributed by atoms with van der Waals surface area (Å²) in [5, 5.41) is 11.7. The molecule has 1 aromatic heterocycles. The lowest BCUT2D eigenvalue weighted by atomic mass is 10.2. The predicted octanol–water partition coefficient (Wildman–Crippen LogP) is 1.76. The van der Waals surface area contributed by atoms with Crippen molar-refractivity contribution in [1.82, 2.24) is 20.2 Å². The molecule has 0 aliphatic rings. The maximum absolute atomic E-state index is 12.3. The molecule has 0 saturated heterocycles. The SMILES string of the molecule is CCC(NC(=O)N(CC(=O)O)C(C)CC)c1ncc[nH]1. The molecule has 112 valence electrons. The van der Waals surface area contributed by atoms with E-state index in [4.69, 9.17) is 5.11 Å². The first-order valence-electron chi connectivity index (χ1n) is 6.77. The fourth-order valence-corrected chi connectivity index (χ4v) is 1.86. The molecule has 1 aromatic rings. The average Bonchev–Trinajstić information content (AvgIpc) is 2.94. The molecule has 1 rings (SSSR count). The van der Waals surface area contributed by atoms with E-state index >= 15 is 0 Å². The fraction of sp³-hybridized carbons (Fsp3) is 0.615. The van der Waals surface area contributed by atoms with Gasteiger partial charge in [0.15, 0.2) is 0 Å². The van der Waals surface area contributed by atoms with Crippen LogP contribution in [0.4, 0.5) is 4.79 Å². The molecule has 0 aliphatic carbocycles. The Morgan fingerprint density at radius 1 is 1.45 bits per heavy atom. The van der Waals surface area contributed by atoms with Crippen LogP contribution in [0.2, 0.25) is 0 Å². The molecule has 0 spiro atoms. The number of urea groups is 1. The van der Waals surface area contributed by atoms with E-state index in [0.29, 0.717) is 18.7 Å². The molecule has 2 amide bonds. The highest BCUT2D eigenvalue weighted by Gasteiger charge is 2.24. The fourth-order valence-electron chi connectivity index (χ4n) is 1.86. The van der Waals surface area contributed by atoms with Gasteiger partial charge in [0.1, 0.15) is 12.4 Å². The number of imidazole rings is 1. The number of amides is 2. The van der Waals surface area contributed by atoms with Gasteiger partial charge in [-0.3, -0.25) is 4.79 Å². The quantitative estimate of drug-likeness (QED) is 0.709. The van der Waals surface area contributed by atoms with Gasteiger partial charge < -0.3 is 20.3 Å². The standard InChI is InChI=1S/C13H22N4O3/c1-4-9(3)17(8-11(18)19)13(20)16-10(5-2)12-14-6-7-15-12/h6-7,9-10H,4-5,8H2,1-3H3,(H,14,15)(H,16,20)(H,18,19). The number of carbonyl (C=O) groups is 2. The Balaban J connectivity index is 2.76. The highest BCUT2D eigenvalue weighted by molar-refractivity contribution is 5.80. The van der Waals surface area contributed by atoms with Gasteiger partial charge in [0.25, 0.3) is 0 Å². The number of aromatic nitrogens is 2. The molecule has 1 heterocycles. The molecule has 0 aromatic carbocycles. The van der Waals surface area contributed by atoms with Crippen LogP contribution in [0.5, 0.6) is 0 Å². The summed E-state index contributed by atoms with van der Waals surface area (Å²) in [6.45, 7) is 5.36. The number of aromatic amines is 1. The second kappa shape index (κ2) is 7.52. The summed E-state index contributed by atoms with van der Waals surface area (Å²) in [5.41, 5.74) is 0. The lowest BCUT2D eigenvalue weighted by Gasteiger charge is -2.28. The van der Waals surface area contributed by atoms with Crippen molar-refractivity contribution in [2.24, 2.45) is 0 Å². The van der Waals surface area contributed by atoms with Gasteiger partial charge in [-0.15, -0.1) is 0 Å². The molecule has 3 N–H and O–H groups in total. The monoisotopic (exact) mass is 282 g/mol. The Labute approximate surface area is 118 Å². The van der Waals surface area contributed by atoms with Crippen LogP contribution in [0.1, 0.15) is 45.5 Å². The smallest absolute Gasteiger partial charge is 0.323 e. The van der Waals surface area contributed by atoms with Crippen LogP contribution in [0, 0.1) is 0 Å². The molecular formula is C13H22N4O3. The Hall–Kier alpha value is -2.05. The highest BCUT2D eigenvalue weighted by atomic mass is 16.4. The van der Waals surface area contributed by atoms with E-state index in [1.165, 1.54) is 4.90 Å². The molecule has 2 atom stereocenters. The van der Waals surface area contributed by atoms with Crippen LogP contribution >= 0.6 is 0 Å². The van der Waals surface area contributed by atoms with Crippen LogP contribution in [-0.2, 0) is 4.79 Å². The topological polar surface area (TPSA) is 98.3 Å². The van der Waals surface area contributed by atoms with E-state index in [9.17, 15) is 9.59 Å². The molecule has 7 heteroatoms. The van der Waals surface area contributed by atoms with Gasteiger partial charge in [0.2, 0.25) is 0 Å². The van der Waals surface area contributed by atoms with Crippen molar-refractivity contribution in [3.05, 3.63) is 18.2 Å². The van der Waals surface area contributed by atoms with E-state index in [-0.39, 0.29) is 24.7 Å². The molecule has 0 saturated carbocycles. The first-order valence-corrected chi connectivity index (χ1v) is 6.77. The number of rotatable bonds is 7. The average molecular weight is 282 g/mol. The first-order chi connectivity index (χ1) is 9.49. The van der Waals surface area contributed by atoms with E-state index in [1.54, 1.807) is 12.4 Å². The van der Waals surface area contributed by atoms with Gasteiger partial charge >= 0.3 is 12.0 Å². The van der Waals surface area contributed by atoms with Crippen LogP contribution in [0.25, 0.3) is 0 Å². The minimum absolute atomic E-state index is 0.139. The van der Waals surface area contributed by atoms with E-state index in [0.717, 1.165) is 0 Å². The molecule has 7 nitrogen and oxygen atoms in total. The minimum atomic E-state index is -1.02. The van der Waals surface area contributed by atoms with Crippen molar-refractivity contribution >= 4 is 12.0 Å². The molecule has 2 unspecified atom stereocenters. The summed E-state index contributed by atoms with van der Waals surface area (Å²) in [7, 11) is 0. The van der Waals surface area contributed by atoms with Gasteiger partial charge in [0, 0.05) is 18.4 Å². The number of nitrogens with one attached hydrogen (secondary N) is 2. The third kappa shape index (κ3) is 4.25. The maximum Gasteiger partial charge on any atom is 0.323 e. The number of carboxylic acids is 1. The van der Waals surface area contributed by atoms with E-state index in [2.05, 4.69) is 15.3 Å². The first kappa shape index (κ1) is 16.0. The molecule has 0 bridgehead atoms. The molecule has 0 fully saturated rings. The molecular weight excluding hydrogens is 260 g/mol. The largest absolute Gasteiger partial charge is 0.480 e. The number of hydrogen-bond acceptors (Lipinski definition) is 3. The molecule has 20 heavy (non-hydrogen) atoms. The van der Waals surface area contributed by atoms with E-state index in [1.807, 2.05) is 20.8 Å². The normalized spacial score (nSPS) is 13.6. The van der Waals surface area contributed by atoms with Crippen LogP contribution in [0.3, 0.4) is 0 Å². The molecule has 0 radical (unpaired) electrons. The van der Waals surface area contributed by atoms with Crippen molar-refractivity contribution in [2.75, 3.05) is 6.54 Å². The Bertz CT molecular complexity index is 433. The van der Waals surface area contributed by atoms with Crippen LogP contribution in [0.15, 0.2) is 12.4 Å². The Morgan fingerprint density at radius 2 is 2.15 bits per heavy atom. The van der Waals surface area contributed by atoms with Crippen molar-refractivity contribution in [3.63, 3.8) is 0 Å². The molecule has 0 aliphatic heterocycles. The summed E-state index contributed by atoms with van der Waals surface area (Å²) in [6.07, 6.45) is 4.67. The third-order valence-electron chi connectivity index (χ3n) is 3.24. The summed E-state index contributed by atoms with van der Waals surface area (Å²) in [5.74, 6) is -0.355. The lowest BCUT2D eigenvalue weighted by molar-refractivity contribution is -0.138. The van der Waals surface area contributed by atoms with Crippen LogP contribution < -0.4 is 5.32 Å². The predicted molar refractivity (Wildman–Crippen MR) is 74.2 cm³/mol.